The largest absolute Gasteiger partial charge is 0.465 e. The molecule has 84 valence electrons. The number of ether oxygens (including phenoxy) is 1. The van der Waals surface area contributed by atoms with Gasteiger partial charge in [-0.1, -0.05) is 0 Å². The monoisotopic (exact) mass is 227 g/mol. The van der Waals surface area contributed by atoms with E-state index in [4.69, 9.17) is 11.0 Å². The van der Waals surface area contributed by atoms with Crippen LogP contribution in [0, 0.1) is 11.3 Å². The zero-order chi connectivity index (χ0) is 12.3. The Labute approximate surface area is 89.4 Å². The Morgan fingerprint density at radius 3 is 2.75 bits per heavy atom. The van der Waals surface area contributed by atoms with Crippen LogP contribution in [0.5, 0.6) is 0 Å². The Balaban J connectivity index is 3.44. The Hall–Kier alpha value is -2.23. The van der Waals surface area contributed by atoms with Gasteiger partial charge in [0, 0.05) is 0 Å². The number of alkyl halides is 2. The fourth-order valence-electron chi connectivity index (χ4n) is 1.07. The first kappa shape index (κ1) is 11.8. The molecule has 0 atom stereocenters. The first-order valence-electron chi connectivity index (χ1n) is 4.08. The normalized spacial score (nSPS) is 9.94. The number of nitrogen functional groups attached to an aromatic ring is 1. The summed E-state index contributed by atoms with van der Waals surface area (Å²) < 4.78 is 29.4. The third kappa shape index (κ3) is 2.06. The van der Waals surface area contributed by atoms with Crippen molar-refractivity contribution in [3.05, 3.63) is 22.9 Å². The number of hydrogen-bond donors (Lipinski definition) is 1. The summed E-state index contributed by atoms with van der Waals surface area (Å²) >= 11 is 0. The van der Waals surface area contributed by atoms with Crippen LogP contribution in [-0.2, 0) is 4.74 Å². The molecule has 0 amide bonds. The van der Waals surface area contributed by atoms with E-state index in [2.05, 4.69) is 9.72 Å². The molecule has 1 aromatic heterocycles. The zero-order valence-corrected chi connectivity index (χ0v) is 8.20. The number of rotatable bonds is 2. The van der Waals surface area contributed by atoms with Crippen molar-refractivity contribution in [1.29, 1.82) is 5.26 Å². The lowest BCUT2D eigenvalue weighted by molar-refractivity contribution is 0.0587. The summed E-state index contributed by atoms with van der Waals surface area (Å²) in [4.78, 5) is 14.5. The molecule has 1 heterocycles. The van der Waals surface area contributed by atoms with Gasteiger partial charge in [-0.25, -0.2) is 18.6 Å². The summed E-state index contributed by atoms with van der Waals surface area (Å²) in [6.07, 6.45) is -2.97. The van der Waals surface area contributed by atoms with E-state index in [9.17, 15) is 13.6 Å². The maximum atomic E-state index is 12.5. The first-order chi connectivity index (χ1) is 7.51. The Morgan fingerprint density at radius 1 is 1.69 bits per heavy atom. The summed E-state index contributed by atoms with van der Waals surface area (Å²) in [5.41, 5.74) is 3.87. The lowest BCUT2D eigenvalue weighted by Crippen LogP contribution is -2.11. The average Bonchev–Trinajstić information content (AvgIpc) is 2.27. The van der Waals surface area contributed by atoms with Gasteiger partial charge in [0.2, 0.25) is 0 Å². The van der Waals surface area contributed by atoms with Crippen LogP contribution in [0.4, 0.5) is 14.6 Å². The van der Waals surface area contributed by atoms with Gasteiger partial charge in [0.15, 0.2) is 0 Å². The second-order valence-corrected chi connectivity index (χ2v) is 2.76. The molecule has 5 nitrogen and oxygen atoms in total. The second kappa shape index (κ2) is 4.53. The van der Waals surface area contributed by atoms with Gasteiger partial charge in [0.05, 0.1) is 18.2 Å². The summed E-state index contributed by atoms with van der Waals surface area (Å²) in [6.45, 7) is 0. The first-order valence-corrected chi connectivity index (χ1v) is 4.08. The number of nitrogens with two attached hydrogens (primary N) is 1. The highest BCUT2D eigenvalue weighted by atomic mass is 19.3. The molecule has 0 radical (unpaired) electrons. The van der Waals surface area contributed by atoms with E-state index in [1.54, 1.807) is 6.07 Å². The molecule has 0 saturated carbocycles. The van der Waals surface area contributed by atoms with Crippen LogP contribution in [0.25, 0.3) is 0 Å². The predicted molar refractivity (Wildman–Crippen MR) is 49.7 cm³/mol. The minimum Gasteiger partial charge on any atom is -0.465 e. The number of aromatic nitrogens is 1. The maximum absolute atomic E-state index is 12.5. The van der Waals surface area contributed by atoms with Crippen LogP contribution in [-0.4, -0.2) is 18.1 Å². The molecule has 0 spiro atoms. The fraction of sp³-hybridized carbons (Fsp3) is 0.222. The van der Waals surface area contributed by atoms with Crippen molar-refractivity contribution < 1.29 is 18.3 Å². The van der Waals surface area contributed by atoms with E-state index in [0.717, 1.165) is 13.2 Å². The van der Waals surface area contributed by atoms with Gasteiger partial charge in [-0.15, -0.1) is 0 Å². The smallest absolute Gasteiger partial charge is 0.339 e. The summed E-state index contributed by atoms with van der Waals surface area (Å²) in [6, 6.07) is 2.58. The van der Waals surface area contributed by atoms with Crippen molar-refractivity contribution in [3.63, 3.8) is 0 Å². The molecule has 7 heteroatoms. The molecule has 0 aliphatic carbocycles. The van der Waals surface area contributed by atoms with Crippen molar-refractivity contribution in [3.8, 4) is 6.07 Å². The molecule has 1 rings (SSSR count). The van der Waals surface area contributed by atoms with Crippen molar-refractivity contribution in [1.82, 2.24) is 4.98 Å². The molecular weight excluding hydrogens is 220 g/mol. The molecule has 2 N–H and O–H groups in total. The van der Waals surface area contributed by atoms with E-state index in [-0.39, 0.29) is 11.4 Å². The van der Waals surface area contributed by atoms with Gasteiger partial charge >= 0.3 is 5.97 Å². The van der Waals surface area contributed by atoms with Crippen LogP contribution in [0.2, 0.25) is 0 Å². The van der Waals surface area contributed by atoms with Gasteiger partial charge < -0.3 is 10.5 Å². The number of nitriles is 1. The molecular formula is C9H7F2N3O2. The van der Waals surface area contributed by atoms with Gasteiger partial charge in [-0.05, 0) is 6.07 Å². The zero-order valence-electron chi connectivity index (χ0n) is 8.20. The highest BCUT2D eigenvalue weighted by Gasteiger charge is 2.23. The van der Waals surface area contributed by atoms with Crippen molar-refractivity contribution in [2.75, 3.05) is 12.8 Å². The Morgan fingerprint density at radius 2 is 2.31 bits per heavy atom. The lowest BCUT2D eigenvalue weighted by Gasteiger charge is -2.07. The van der Waals surface area contributed by atoms with E-state index in [1.165, 1.54) is 0 Å². The minimum atomic E-state index is -2.97. The number of carbonyl (C=O) groups excluding carboxylic acids is 1. The van der Waals surface area contributed by atoms with Gasteiger partial charge in [-0.2, -0.15) is 5.26 Å². The predicted octanol–water partition coefficient (Wildman–Crippen LogP) is 1.26. The molecule has 0 fully saturated rings. The minimum absolute atomic E-state index is 0.148. The van der Waals surface area contributed by atoms with E-state index in [1.807, 2.05) is 0 Å². The number of pyridine rings is 1. The summed E-state index contributed by atoms with van der Waals surface area (Å²) in [5.74, 6) is -1.33. The molecule has 16 heavy (non-hydrogen) atoms. The second-order valence-electron chi connectivity index (χ2n) is 2.76. The molecule has 1 aromatic rings. The maximum Gasteiger partial charge on any atom is 0.339 e. The highest BCUT2D eigenvalue weighted by molar-refractivity contribution is 5.91. The van der Waals surface area contributed by atoms with Crippen molar-refractivity contribution in [2.24, 2.45) is 0 Å². The SMILES string of the molecule is COC(=O)c1cc(C#N)c(N)nc1C(F)F. The Kier molecular flexibility index (Phi) is 3.35. The van der Waals surface area contributed by atoms with Crippen molar-refractivity contribution in [2.45, 2.75) is 6.43 Å². The van der Waals surface area contributed by atoms with Gasteiger partial charge in [-0.3, -0.25) is 0 Å². The number of halogens is 2. The quantitative estimate of drug-likeness (QED) is 0.768. The molecule has 0 aliphatic heterocycles. The van der Waals surface area contributed by atoms with E-state index < -0.39 is 23.7 Å². The highest BCUT2D eigenvalue weighted by Crippen LogP contribution is 2.24. The molecule has 0 unspecified atom stereocenters. The number of hydrogen-bond acceptors (Lipinski definition) is 5. The average molecular weight is 227 g/mol. The van der Waals surface area contributed by atoms with E-state index in [0.29, 0.717) is 0 Å². The standard InChI is InChI=1S/C9H7F2N3O2/c1-16-9(15)5-2-4(3-12)8(13)14-6(5)7(10)11/h2,7H,1H3,(H2,13,14). The number of anilines is 1. The number of esters is 1. The number of methoxy groups -OCH3 is 1. The van der Waals surface area contributed by atoms with Crippen molar-refractivity contribution >= 4 is 11.8 Å². The molecule has 0 aliphatic rings. The third-order valence-electron chi connectivity index (χ3n) is 1.81. The van der Waals surface area contributed by atoms with Crippen LogP contribution in [0.1, 0.15) is 28.0 Å². The van der Waals surface area contributed by atoms with Crippen LogP contribution in [0.15, 0.2) is 6.07 Å². The van der Waals surface area contributed by atoms with Crippen LogP contribution >= 0.6 is 0 Å². The Bertz CT molecular complexity index is 469. The van der Waals surface area contributed by atoms with Crippen LogP contribution in [0.3, 0.4) is 0 Å². The molecule has 0 bridgehead atoms. The van der Waals surface area contributed by atoms with Crippen LogP contribution < -0.4 is 5.73 Å². The molecule has 0 saturated heterocycles. The summed E-state index contributed by atoms with van der Waals surface area (Å²) in [5, 5.41) is 8.62. The topological polar surface area (TPSA) is 89.0 Å². The lowest BCUT2D eigenvalue weighted by atomic mass is 10.1. The fourth-order valence-corrected chi connectivity index (χ4v) is 1.07. The molecule has 0 aromatic carbocycles. The van der Waals surface area contributed by atoms with E-state index >= 15 is 0 Å². The van der Waals surface area contributed by atoms with Gasteiger partial charge in [0.1, 0.15) is 17.6 Å². The third-order valence-corrected chi connectivity index (χ3v) is 1.81. The number of nitrogens with zero attached hydrogens (tertiary/aromatic N) is 2. The summed E-state index contributed by atoms with van der Waals surface area (Å²) in [7, 11) is 1.04. The van der Waals surface area contributed by atoms with Gasteiger partial charge in [0.25, 0.3) is 6.43 Å². The number of carbonyl (C=O) groups is 1.